The quantitative estimate of drug-likeness (QED) is 0.858. The van der Waals surface area contributed by atoms with Crippen LogP contribution in [0.5, 0.6) is 0 Å². The molecule has 122 valence electrons. The zero-order valence-electron chi connectivity index (χ0n) is 12.3. The number of amides is 1. The summed E-state index contributed by atoms with van der Waals surface area (Å²) >= 11 is 0. The number of nitrogens with zero attached hydrogens (tertiary/aromatic N) is 2. The highest BCUT2D eigenvalue weighted by Crippen LogP contribution is 2.23. The van der Waals surface area contributed by atoms with Crippen LogP contribution in [0.15, 0.2) is 35.4 Å². The van der Waals surface area contributed by atoms with E-state index in [-0.39, 0.29) is 22.3 Å². The lowest BCUT2D eigenvalue weighted by Crippen LogP contribution is -2.27. The van der Waals surface area contributed by atoms with Gasteiger partial charge in [-0.05, 0) is 31.0 Å². The topological polar surface area (TPSA) is 93.1 Å². The summed E-state index contributed by atoms with van der Waals surface area (Å²) in [6, 6.07) is 4.76. The van der Waals surface area contributed by atoms with Crippen molar-refractivity contribution in [3.63, 3.8) is 0 Å². The Morgan fingerprint density at radius 2 is 2.13 bits per heavy atom. The maximum atomic E-state index is 13.2. The molecule has 0 radical (unpaired) electrons. The summed E-state index contributed by atoms with van der Waals surface area (Å²) in [6.07, 6.45) is 3.12. The van der Waals surface area contributed by atoms with Crippen molar-refractivity contribution in [2.45, 2.75) is 23.8 Å². The molecule has 1 heterocycles. The van der Waals surface area contributed by atoms with Gasteiger partial charge in [-0.25, -0.2) is 12.8 Å². The van der Waals surface area contributed by atoms with Gasteiger partial charge in [0.1, 0.15) is 11.4 Å². The molecule has 0 spiro atoms. The van der Waals surface area contributed by atoms with Crippen LogP contribution < -0.4 is 10.0 Å². The smallest absolute Gasteiger partial charge is 0.263 e. The highest BCUT2D eigenvalue weighted by atomic mass is 32.2. The van der Waals surface area contributed by atoms with Crippen LogP contribution in [0, 0.1) is 5.82 Å². The molecule has 1 aliphatic carbocycles. The van der Waals surface area contributed by atoms with E-state index in [1.165, 1.54) is 30.1 Å². The maximum absolute atomic E-state index is 13.2. The van der Waals surface area contributed by atoms with Crippen molar-refractivity contribution in [1.82, 2.24) is 15.1 Å². The van der Waals surface area contributed by atoms with Gasteiger partial charge in [-0.3, -0.25) is 14.2 Å². The zero-order chi connectivity index (χ0) is 16.6. The number of hydrogen-bond donors (Lipinski definition) is 2. The Balaban J connectivity index is 1.90. The van der Waals surface area contributed by atoms with Crippen molar-refractivity contribution < 1.29 is 17.6 Å². The minimum atomic E-state index is -4.03. The van der Waals surface area contributed by atoms with Crippen molar-refractivity contribution in [3.05, 3.63) is 41.8 Å². The van der Waals surface area contributed by atoms with E-state index in [4.69, 9.17) is 0 Å². The van der Waals surface area contributed by atoms with Gasteiger partial charge in [0.25, 0.3) is 15.9 Å². The Bertz CT molecular complexity index is 859. The molecule has 23 heavy (non-hydrogen) atoms. The first-order chi connectivity index (χ1) is 10.9. The third kappa shape index (κ3) is 3.34. The second kappa shape index (κ2) is 5.65. The van der Waals surface area contributed by atoms with Crippen LogP contribution in [0.4, 0.5) is 10.2 Å². The molecule has 1 amide bonds. The van der Waals surface area contributed by atoms with Gasteiger partial charge >= 0.3 is 0 Å². The molecule has 0 aliphatic heterocycles. The van der Waals surface area contributed by atoms with E-state index in [1.54, 1.807) is 0 Å². The van der Waals surface area contributed by atoms with E-state index in [2.05, 4.69) is 15.1 Å². The van der Waals surface area contributed by atoms with E-state index in [0.717, 1.165) is 25.0 Å². The van der Waals surface area contributed by atoms with Crippen molar-refractivity contribution in [2.75, 3.05) is 4.72 Å². The molecular weight excluding hydrogens is 323 g/mol. The van der Waals surface area contributed by atoms with Gasteiger partial charge < -0.3 is 5.32 Å². The number of nitrogens with one attached hydrogen (secondary N) is 2. The standard InChI is InChI=1S/C14H15FN4O3S/c1-19-13(12(8-16-19)14(20)17-10-5-6-10)18-23(21,22)11-4-2-3-9(15)7-11/h2-4,7-8,10,18H,5-6H2,1H3,(H,17,20). The Kier molecular flexibility index (Phi) is 3.80. The first-order valence-electron chi connectivity index (χ1n) is 6.98. The lowest BCUT2D eigenvalue weighted by Gasteiger charge is -2.10. The Labute approximate surface area is 132 Å². The lowest BCUT2D eigenvalue weighted by molar-refractivity contribution is 0.0952. The molecular formula is C14H15FN4O3S. The van der Waals surface area contributed by atoms with Gasteiger partial charge in [-0.2, -0.15) is 5.10 Å². The number of sulfonamides is 1. The van der Waals surface area contributed by atoms with Crippen LogP contribution in [0.3, 0.4) is 0 Å². The van der Waals surface area contributed by atoms with Crippen LogP contribution in [0.25, 0.3) is 0 Å². The molecule has 1 aliphatic rings. The zero-order valence-corrected chi connectivity index (χ0v) is 13.1. The lowest BCUT2D eigenvalue weighted by atomic mass is 10.3. The normalized spacial score (nSPS) is 14.5. The number of carbonyl (C=O) groups is 1. The molecule has 2 aromatic rings. The third-order valence-corrected chi connectivity index (χ3v) is 4.77. The molecule has 1 aromatic carbocycles. The minimum Gasteiger partial charge on any atom is -0.349 e. The minimum absolute atomic E-state index is 0.0346. The molecule has 1 aromatic heterocycles. The van der Waals surface area contributed by atoms with E-state index >= 15 is 0 Å². The molecule has 1 saturated carbocycles. The van der Waals surface area contributed by atoms with Gasteiger partial charge in [0.15, 0.2) is 5.82 Å². The number of anilines is 1. The van der Waals surface area contributed by atoms with Gasteiger partial charge in [0.2, 0.25) is 0 Å². The highest BCUT2D eigenvalue weighted by molar-refractivity contribution is 7.92. The van der Waals surface area contributed by atoms with Gasteiger partial charge in [0.05, 0.1) is 11.1 Å². The Morgan fingerprint density at radius 3 is 2.78 bits per heavy atom. The van der Waals surface area contributed by atoms with Gasteiger partial charge in [-0.15, -0.1) is 0 Å². The molecule has 1 fully saturated rings. The van der Waals surface area contributed by atoms with Crippen molar-refractivity contribution in [2.24, 2.45) is 7.05 Å². The largest absolute Gasteiger partial charge is 0.349 e. The van der Waals surface area contributed by atoms with Crippen LogP contribution >= 0.6 is 0 Å². The number of rotatable bonds is 5. The van der Waals surface area contributed by atoms with E-state index < -0.39 is 21.7 Å². The SMILES string of the molecule is Cn1ncc(C(=O)NC2CC2)c1NS(=O)(=O)c1cccc(F)c1. The summed E-state index contributed by atoms with van der Waals surface area (Å²) in [7, 11) is -2.52. The summed E-state index contributed by atoms with van der Waals surface area (Å²) < 4.78 is 41.5. The average molecular weight is 338 g/mol. The molecule has 0 bridgehead atoms. The summed E-state index contributed by atoms with van der Waals surface area (Å²) in [6.45, 7) is 0. The molecule has 0 unspecified atom stereocenters. The van der Waals surface area contributed by atoms with E-state index in [9.17, 15) is 17.6 Å². The first kappa shape index (κ1) is 15.5. The van der Waals surface area contributed by atoms with Gasteiger partial charge in [-0.1, -0.05) is 6.07 Å². The van der Waals surface area contributed by atoms with Crippen LogP contribution in [-0.4, -0.2) is 30.1 Å². The molecule has 9 heteroatoms. The first-order valence-corrected chi connectivity index (χ1v) is 8.46. The van der Waals surface area contributed by atoms with Crippen LogP contribution in [-0.2, 0) is 17.1 Å². The fraction of sp³-hybridized carbons (Fsp3) is 0.286. The maximum Gasteiger partial charge on any atom is 0.263 e. The fourth-order valence-electron chi connectivity index (χ4n) is 2.04. The number of aromatic nitrogens is 2. The van der Waals surface area contributed by atoms with Crippen molar-refractivity contribution in [3.8, 4) is 0 Å². The number of benzene rings is 1. The average Bonchev–Trinajstić information content (AvgIpc) is 3.23. The van der Waals surface area contributed by atoms with Gasteiger partial charge in [0, 0.05) is 13.1 Å². The molecule has 0 saturated heterocycles. The number of aryl methyl sites for hydroxylation is 1. The second-order valence-corrected chi connectivity index (χ2v) is 7.02. The van der Waals surface area contributed by atoms with E-state index in [1.807, 2.05) is 0 Å². The summed E-state index contributed by atoms with van der Waals surface area (Å²) in [5.41, 5.74) is 0.124. The predicted octanol–water partition coefficient (Wildman–Crippen LogP) is 1.25. The van der Waals surface area contributed by atoms with Crippen LogP contribution in [0.2, 0.25) is 0 Å². The highest BCUT2D eigenvalue weighted by Gasteiger charge is 2.27. The Hall–Kier alpha value is -2.42. The number of carbonyl (C=O) groups excluding carboxylic acids is 1. The molecule has 3 rings (SSSR count). The Morgan fingerprint density at radius 1 is 1.39 bits per heavy atom. The summed E-state index contributed by atoms with van der Waals surface area (Å²) in [5.74, 6) is -1.02. The summed E-state index contributed by atoms with van der Waals surface area (Å²) in [4.78, 5) is 11.9. The monoisotopic (exact) mass is 338 g/mol. The third-order valence-electron chi connectivity index (χ3n) is 3.43. The molecule has 7 nitrogen and oxygen atoms in total. The molecule has 2 N–H and O–H groups in total. The number of hydrogen-bond acceptors (Lipinski definition) is 4. The van der Waals surface area contributed by atoms with E-state index in [0.29, 0.717) is 0 Å². The van der Waals surface area contributed by atoms with Crippen LogP contribution in [0.1, 0.15) is 23.2 Å². The summed E-state index contributed by atoms with van der Waals surface area (Å²) in [5, 5.41) is 6.69. The van der Waals surface area contributed by atoms with Crippen molar-refractivity contribution in [1.29, 1.82) is 0 Å². The van der Waals surface area contributed by atoms with Crippen molar-refractivity contribution >= 4 is 21.7 Å². The number of halogens is 1. The fourth-order valence-corrected chi connectivity index (χ4v) is 3.18. The predicted molar refractivity (Wildman–Crippen MR) is 80.9 cm³/mol. The molecule has 0 atom stereocenters. The second-order valence-electron chi connectivity index (χ2n) is 5.34.